The second-order valence-electron chi connectivity index (χ2n) is 13.7. The molecule has 3 saturated heterocycles. The van der Waals surface area contributed by atoms with E-state index in [9.17, 15) is 18.8 Å². The Labute approximate surface area is 287 Å². The van der Waals surface area contributed by atoms with Crippen LogP contribution in [-0.4, -0.2) is 82.8 Å². The second kappa shape index (κ2) is 11.9. The van der Waals surface area contributed by atoms with E-state index in [0.29, 0.717) is 37.3 Å². The molecule has 0 spiro atoms. The van der Waals surface area contributed by atoms with E-state index in [-0.39, 0.29) is 75.5 Å². The van der Waals surface area contributed by atoms with Crippen LogP contribution in [0.2, 0.25) is 0 Å². The lowest BCUT2D eigenvalue weighted by molar-refractivity contribution is -0.137. The molecule has 3 aliphatic heterocycles. The number of ether oxygens (including phenoxy) is 1. The number of nitrogens with two attached hydrogens (primary N) is 1. The van der Waals surface area contributed by atoms with E-state index in [4.69, 9.17) is 10.5 Å². The first kappa shape index (κ1) is 34.1. The number of alkyl halides is 4. The van der Waals surface area contributed by atoms with E-state index in [1.807, 2.05) is 17.9 Å². The van der Waals surface area contributed by atoms with E-state index in [1.54, 1.807) is 16.8 Å². The molecule has 2 aromatic carbocycles. The van der Waals surface area contributed by atoms with Crippen molar-refractivity contribution in [2.45, 2.75) is 63.0 Å². The predicted molar refractivity (Wildman–Crippen MR) is 177 cm³/mol. The van der Waals surface area contributed by atoms with Gasteiger partial charge in [0.2, 0.25) is 5.91 Å². The van der Waals surface area contributed by atoms with Crippen LogP contribution in [0.3, 0.4) is 0 Å². The fourth-order valence-corrected chi connectivity index (χ4v) is 8.85. The third-order valence-electron chi connectivity index (χ3n) is 10.7. The highest BCUT2D eigenvalue weighted by Gasteiger charge is 2.50. The van der Waals surface area contributed by atoms with Gasteiger partial charge in [-0.25, -0.2) is 13.2 Å². The van der Waals surface area contributed by atoms with Crippen molar-refractivity contribution in [2.75, 3.05) is 50.5 Å². The molecular formula is C34H33F6N7O2S. The maximum atomic E-state index is 17.1. The number of rotatable bonds is 6. The Morgan fingerprint density at radius 1 is 1.24 bits per heavy atom. The number of nitrogen functional groups attached to an aromatic ring is 1. The summed E-state index contributed by atoms with van der Waals surface area (Å²) in [5.74, 6) is -2.45. The van der Waals surface area contributed by atoms with Crippen molar-refractivity contribution in [2.24, 2.45) is 0 Å². The van der Waals surface area contributed by atoms with Crippen LogP contribution < -0.4 is 15.4 Å². The minimum atomic E-state index is -5.12. The van der Waals surface area contributed by atoms with E-state index in [0.717, 1.165) is 24.6 Å². The normalized spacial score (nSPS) is 23.9. The van der Waals surface area contributed by atoms with Gasteiger partial charge in [-0.3, -0.25) is 9.69 Å². The fourth-order valence-electron chi connectivity index (χ4n) is 7.90. The Kier molecular flexibility index (Phi) is 8.09. The van der Waals surface area contributed by atoms with Gasteiger partial charge in [-0.05, 0) is 50.4 Å². The Balaban J connectivity index is 1.46. The Hall–Kier alpha value is -4.36. The molecule has 3 atom stereocenters. The summed E-state index contributed by atoms with van der Waals surface area (Å²) in [6.07, 6.45) is -4.02. The molecule has 0 aliphatic carbocycles. The number of nitrogens with zero attached hydrogens (tertiary/aromatic N) is 6. The lowest BCUT2D eigenvalue weighted by Gasteiger charge is -2.37. The Bertz CT molecular complexity index is 2100. The number of nitriles is 1. The van der Waals surface area contributed by atoms with Crippen LogP contribution in [0.5, 0.6) is 6.01 Å². The third kappa shape index (κ3) is 5.36. The molecule has 50 heavy (non-hydrogen) atoms. The molecule has 4 aromatic rings. The average Bonchev–Trinajstić information content (AvgIpc) is 3.81. The highest BCUT2D eigenvalue weighted by molar-refractivity contribution is 7.23. The number of likely N-dealkylation sites (N-methyl/N-ethyl adjacent to an activating group) is 1. The molecule has 1 amide bonds. The van der Waals surface area contributed by atoms with Crippen LogP contribution in [0.15, 0.2) is 18.2 Å². The number of amides is 1. The summed E-state index contributed by atoms with van der Waals surface area (Å²) in [6, 6.07) is 4.15. The van der Waals surface area contributed by atoms with Gasteiger partial charge < -0.3 is 20.3 Å². The monoisotopic (exact) mass is 717 g/mol. The van der Waals surface area contributed by atoms with Gasteiger partial charge in [-0.2, -0.15) is 28.4 Å². The number of carbonyl (C=O) groups excluding carboxylic acids is 1. The molecule has 0 radical (unpaired) electrons. The standard InChI is InChI=1S/C34H33F6N7O2S/c1-17(48)46-10-8-32(2,15-46)45(3)30-20-11-22(34(38,39)40)25(19-5-6-23(36)28-24(19)21(13-41)29(42)50-28)26(37)27(20)43-31(44-30)49-16-33-7-4-9-47(33)14-18(35)12-33/h5-6,11,18H,4,7-10,12,14-16,42H2,1-3H3/t18-,32+,33+/m1/s1. The smallest absolute Gasteiger partial charge is 0.417 e. The van der Waals surface area contributed by atoms with Gasteiger partial charge in [-0.1, -0.05) is 6.07 Å². The topological polar surface area (TPSA) is 112 Å². The molecule has 264 valence electrons. The van der Waals surface area contributed by atoms with Gasteiger partial charge in [0.15, 0.2) is 5.82 Å². The van der Waals surface area contributed by atoms with E-state index < -0.39 is 51.7 Å². The van der Waals surface area contributed by atoms with Gasteiger partial charge in [0.1, 0.15) is 41.0 Å². The fraction of sp³-hybridized carbons (Fsp3) is 0.471. The number of hydrogen-bond donors (Lipinski definition) is 1. The summed E-state index contributed by atoms with van der Waals surface area (Å²) in [7, 11) is 1.60. The average molecular weight is 718 g/mol. The zero-order chi connectivity index (χ0) is 35.9. The van der Waals surface area contributed by atoms with Crippen LogP contribution >= 0.6 is 11.3 Å². The first-order valence-corrected chi connectivity index (χ1v) is 16.9. The summed E-state index contributed by atoms with van der Waals surface area (Å²) < 4.78 is 97.5. The highest BCUT2D eigenvalue weighted by atomic mass is 32.1. The zero-order valence-corrected chi connectivity index (χ0v) is 28.2. The van der Waals surface area contributed by atoms with Crippen LogP contribution in [0.25, 0.3) is 32.1 Å². The maximum Gasteiger partial charge on any atom is 0.417 e. The van der Waals surface area contributed by atoms with E-state index >= 15 is 17.6 Å². The van der Waals surface area contributed by atoms with Crippen molar-refractivity contribution >= 4 is 49.1 Å². The van der Waals surface area contributed by atoms with Gasteiger partial charge in [0.25, 0.3) is 0 Å². The number of aromatic nitrogens is 2. The number of anilines is 2. The quantitative estimate of drug-likeness (QED) is 0.221. The first-order valence-electron chi connectivity index (χ1n) is 16.1. The van der Waals surface area contributed by atoms with Crippen LogP contribution in [0.4, 0.5) is 37.2 Å². The second-order valence-corrected chi connectivity index (χ2v) is 14.8. The molecule has 16 heteroatoms. The number of halogens is 6. The minimum Gasteiger partial charge on any atom is -0.461 e. The van der Waals surface area contributed by atoms with Crippen molar-refractivity contribution < 1.29 is 35.9 Å². The Morgan fingerprint density at radius 3 is 2.68 bits per heavy atom. The van der Waals surface area contributed by atoms with Crippen molar-refractivity contribution in [3.63, 3.8) is 0 Å². The maximum absolute atomic E-state index is 17.1. The third-order valence-corrected chi connectivity index (χ3v) is 11.7. The number of thiophene rings is 1. The van der Waals surface area contributed by atoms with Crippen molar-refractivity contribution in [1.29, 1.82) is 5.26 Å². The molecule has 2 N–H and O–H groups in total. The molecule has 7 rings (SSSR count). The molecule has 3 aliphatic rings. The first-order chi connectivity index (χ1) is 23.6. The summed E-state index contributed by atoms with van der Waals surface area (Å²) in [6.45, 7) is 4.79. The van der Waals surface area contributed by atoms with Crippen LogP contribution in [0, 0.1) is 23.0 Å². The molecule has 2 aromatic heterocycles. The van der Waals surface area contributed by atoms with Crippen LogP contribution in [-0.2, 0) is 11.0 Å². The summed E-state index contributed by atoms with van der Waals surface area (Å²) in [4.78, 5) is 26.3. The van der Waals surface area contributed by atoms with Crippen LogP contribution in [0.1, 0.15) is 50.7 Å². The highest BCUT2D eigenvalue weighted by Crippen LogP contribution is 2.49. The largest absolute Gasteiger partial charge is 0.461 e. The molecule has 5 heterocycles. The van der Waals surface area contributed by atoms with E-state index in [2.05, 4.69) is 9.97 Å². The molecular weight excluding hydrogens is 684 g/mol. The summed E-state index contributed by atoms with van der Waals surface area (Å²) >= 11 is 0.678. The molecule has 3 fully saturated rings. The van der Waals surface area contributed by atoms with Gasteiger partial charge in [-0.15, -0.1) is 11.3 Å². The SMILES string of the molecule is CC(=O)N1CC[C@](C)(N(C)c2nc(OC[C@@]34CCCN3C[C@H](F)C4)nc3c(F)c(-c4ccc(F)c5sc(N)c(C#N)c45)c(C(F)(F)F)cc23)C1. The Morgan fingerprint density at radius 2 is 2.00 bits per heavy atom. The minimum absolute atomic E-state index is 0.0229. The van der Waals surface area contributed by atoms with Gasteiger partial charge in [0, 0.05) is 56.4 Å². The lowest BCUT2D eigenvalue weighted by atomic mass is 9.92. The van der Waals surface area contributed by atoms with Crippen molar-refractivity contribution in [1.82, 2.24) is 19.8 Å². The molecule has 9 nitrogen and oxygen atoms in total. The number of hydrogen-bond acceptors (Lipinski definition) is 9. The summed E-state index contributed by atoms with van der Waals surface area (Å²) in [5.41, 5.74) is 1.04. The predicted octanol–water partition coefficient (Wildman–Crippen LogP) is 6.66. The lowest BCUT2D eigenvalue weighted by Crippen LogP contribution is -2.47. The molecule has 0 unspecified atom stereocenters. The van der Waals surface area contributed by atoms with Crippen molar-refractivity contribution in [3.8, 4) is 23.2 Å². The number of carbonyl (C=O) groups is 1. The summed E-state index contributed by atoms with van der Waals surface area (Å²) in [5, 5.41) is 9.18. The van der Waals surface area contributed by atoms with Gasteiger partial charge in [0.05, 0.1) is 26.9 Å². The zero-order valence-electron chi connectivity index (χ0n) is 27.4. The molecule has 0 bridgehead atoms. The number of benzene rings is 2. The van der Waals surface area contributed by atoms with E-state index in [1.165, 1.54) is 6.92 Å². The number of likely N-dealkylation sites (tertiary alicyclic amines) is 1. The van der Waals surface area contributed by atoms with Gasteiger partial charge >= 0.3 is 12.2 Å². The molecule has 0 saturated carbocycles. The number of fused-ring (bicyclic) bond motifs is 3. The van der Waals surface area contributed by atoms with Crippen molar-refractivity contribution in [3.05, 3.63) is 41.0 Å².